The summed E-state index contributed by atoms with van der Waals surface area (Å²) in [7, 11) is 0. The minimum absolute atomic E-state index is 0.112. The summed E-state index contributed by atoms with van der Waals surface area (Å²) >= 11 is 5.66. The summed E-state index contributed by atoms with van der Waals surface area (Å²) in [6, 6.07) is 10.8. The molecule has 2 aromatic rings. The van der Waals surface area contributed by atoms with Crippen LogP contribution in [-0.4, -0.2) is 5.11 Å². The fourth-order valence-electron chi connectivity index (χ4n) is 2.81. The largest absolute Gasteiger partial charge is 0.388 e. The molecule has 1 atom stereocenters. The van der Waals surface area contributed by atoms with E-state index in [9.17, 15) is 9.50 Å². The Balaban J connectivity index is 1.78. The third-order valence-electron chi connectivity index (χ3n) is 3.92. The number of rotatable bonds is 3. The van der Waals surface area contributed by atoms with E-state index in [-0.39, 0.29) is 5.02 Å². The summed E-state index contributed by atoms with van der Waals surface area (Å²) in [5.41, 5.74) is 4.38. The maximum Gasteiger partial charge on any atom is 0.142 e. The number of aryl methyl sites for hydroxylation is 2. The molecule has 104 valence electrons. The third kappa shape index (κ3) is 2.72. The Bertz CT molecular complexity index is 639. The van der Waals surface area contributed by atoms with Gasteiger partial charge in [0.25, 0.3) is 0 Å². The summed E-state index contributed by atoms with van der Waals surface area (Å²) in [4.78, 5) is 0. The molecule has 0 saturated heterocycles. The number of fused-ring (bicyclic) bond motifs is 1. The van der Waals surface area contributed by atoms with Gasteiger partial charge in [-0.3, -0.25) is 0 Å². The molecule has 3 rings (SSSR count). The summed E-state index contributed by atoms with van der Waals surface area (Å²) < 4.78 is 13.4. The average molecular weight is 291 g/mol. The number of halogens is 2. The average Bonchev–Trinajstić information content (AvgIpc) is 2.90. The zero-order chi connectivity index (χ0) is 14.1. The first-order chi connectivity index (χ1) is 9.63. The second-order valence-corrected chi connectivity index (χ2v) is 5.76. The van der Waals surface area contributed by atoms with Crippen molar-refractivity contribution in [2.45, 2.75) is 31.8 Å². The number of hydrogen-bond acceptors (Lipinski definition) is 1. The van der Waals surface area contributed by atoms with Crippen LogP contribution in [0, 0.1) is 5.82 Å². The lowest BCUT2D eigenvalue weighted by Crippen LogP contribution is -2.03. The molecule has 1 unspecified atom stereocenters. The molecule has 20 heavy (non-hydrogen) atoms. The third-order valence-corrected chi connectivity index (χ3v) is 4.23. The second kappa shape index (κ2) is 5.55. The highest BCUT2D eigenvalue weighted by atomic mass is 35.5. The Labute approximate surface area is 123 Å². The van der Waals surface area contributed by atoms with Crippen LogP contribution in [0.1, 0.15) is 34.8 Å². The van der Waals surface area contributed by atoms with Gasteiger partial charge >= 0.3 is 0 Å². The van der Waals surface area contributed by atoms with Crippen molar-refractivity contribution < 1.29 is 9.50 Å². The van der Waals surface area contributed by atoms with Crippen molar-refractivity contribution in [3.63, 3.8) is 0 Å². The molecule has 1 aliphatic carbocycles. The predicted octanol–water partition coefficient (Wildman–Crippen LogP) is 4.24. The maximum absolute atomic E-state index is 13.4. The van der Waals surface area contributed by atoms with Crippen LogP contribution in [0.3, 0.4) is 0 Å². The van der Waals surface area contributed by atoms with Gasteiger partial charge in [0.2, 0.25) is 0 Å². The van der Waals surface area contributed by atoms with Crippen molar-refractivity contribution in [3.05, 3.63) is 69.5 Å². The van der Waals surface area contributed by atoms with Gasteiger partial charge in [0.15, 0.2) is 0 Å². The van der Waals surface area contributed by atoms with E-state index in [0.717, 1.165) is 24.0 Å². The number of aliphatic hydroxyl groups excluding tert-OH is 1. The van der Waals surface area contributed by atoms with Crippen LogP contribution < -0.4 is 0 Å². The maximum atomic E-state index is 13.4. The van der Waals surface area contributed by atoms with Crippen LogP contribution >= 0.6 is 11.6 Å². The van der Waals surface area contributed by atoms with Crippen molar-refractivity contribution >= 4 is 11.6 Å². The van der Waals surface area contributed by atoms with Crippen LogP contribution in [0.5, 0.6) is 0 Å². The van der Waals surface area contributed by atoms with Gasteiger partial charge in [-0.15, -0.1) is 0 Å². The molecule has 0 heterocycles. The van der Waals surface area contributed by atoms with E-state index < -0.39 is 11.9 Å². The van der Waals surface area contributed by atoms with Crippen molar-refractivity contribution in [1.29, 1.82) is 0 Å². The minimum atomic E-state index is -0.610. The van der Waals surface area contributed by atoms with Gasteiger partial charge in [-0.25, -0.2) is 4.39 Å². The van der Waals surface area contributed by atoms with Gasteiger partial charge in [0.1, 0.15) is 5.82 Å². The fourth-order valence-corrected chi connectivity index (χ4v) is 2.92. The first-order valence-corrected chi connectivity index (χ1v) is 7.25. The zero-order valence-electron chi connectivity index (χ0n) is 11.1. The second-order valence-electron chi connectivity index (χ2n) is 5.35. The lowest BCUT2D eigenvalue weighted by molar-refractivity contribution is 0.178. The van der Waals surface area contributed by atoms with E-state index in [0.29, 0.717) is 6.42 Å². The highest BCUT2D eigenvalue weighted by molar-refractivity contribution is 6.30. The van der Waals surface area contributed by atoms with E-state index in [2.05, 4.69) is 12.1 Å². The molecule has 0 fully saturated rings. The van der Waals surface area contributed by atoms with Crippen LogP contribution in [0.15, 0.2) is 36.4 Å². The topological polar surface area (TPSA) is 20.2 Å². The number of aliphatic hydroxyl groups is 1. The molecular weight excluding hydrogens is 275 g/mol. The van der Waals surface area contributed by atoms with E-state index >= 15 is 0 Å². The van der Waals surface area contributed by atoms with E-state index in [1.807, 2.05) is 6.07 Å². The van der Waals surface area contributed by atoms with Gasteiger partial charge in [0.05, 0.1) is 11.1 Å². The van der Waals surface area contributed by atoms with Gasteiger partial charge in [-0.2, -0.15) is 0 Å². The standard InChI is InChI=1S/C17H16ClFO/c18-15-7-4-11(8-16(15)19)9-17(20)14-6-5-12-2-1-3-13(12)10-14/h4-8,10,17,20H,1-3,9H2. The highest BCUT2D eigenvalue weighted by Gasteiger charge is 2.15. The number of benzene rings is 2. The molecule has 0 amide bonds. The molecular formula is C17H16ClFO. The molecule has 2 aromatic carbocycles. The van der Waals surface area contributed by atoms with Gasteiger partial charge in [-0.1, -0.05) is 35.9 Å². The van der Waals surface area contributed by atoms with Crippen molar-refractivity contribution in [3.8, 4) is 0 Å². The first kappa shape index (κ1) is 13.6. The van der Waals surface area contributed by atoms with Gasteiger partial charge in [-0.05, 0) is 53.6 Å². The molecule has 0 bridgehead atoms. The van der Waals surface area contributed by atoms with Crippen LogP contribution in [0.2, 0.25) is 5.02 Å². The van der Waals surface area contributed by atoms with Crippen molar-refractivity contribution in [2.24, 2.45) is 0 Å². The lowest BCUT2D eigenvalue weighted by Gasteiger charge is -2.13. The van der Waals surface area contributed by atoms with E-state index in [1.165, 1.54) is 29.7 Å². The Morgan fingerprint density at radius 3 is 2.70 bits per heavy atom. The SMILES string of the molecule is OC(Cc1ccc(Cl)c(F)c1)c1ccc2c(c1)CCC2. The normalized spacial score (nSPS) is 15.2. The Morgan fingerprint density at radius 2 is 1.90 bits per heavy atom. The van der Waals surface area contributed by atoms with Crippen LogP contribution in [0.25, 0.3) is 0 Å². The Kier molecular flexibility index (Phi) is 3.77. The van der Waals surface area contributed by atoms with E-state index in [4.69, 9.17) is 11.6 Å². The minimum Gasteiger partial charge on any atom is -0.388 e. The quantitative estimate of drug-likeness (QED) is 0.896. The predicted molar refractivity (Wildman–Crippen MR) is 78.5 cm³/mol. The smallest absolute Gasteiger partial charge is 0.142 e. The summed E-state index contributed by atoms with van der Waals surface area (Å²) in [6.45, 7) is 0. The molecule has 1 aliphatic rings. The molecule has 0 spiro atoms. The zero-order valence-corrected chi connectivity index (χ0v) is 11.8. The lowest BCUT2D eigenvalue weighted by atomic mass is 9.98. The van der Waals surface area contributed by atoms with Gasteiger partial charge in [0, 0.05) is 6.42 Å². The molecule has 1 N–H and O–H groups in total. The summed E-state index contributed by atoms with van der Waals surface area (Å²) in [6.07, 6.45) is 3.20. The Morgan fingerprint density at radius 1 is 1.10 bits per heavy atom. The van der Waals surface area contributed by atoms with Crippen molar-refractivity contribution in [1.82, 2.24) is 0 Å². The molecule has 0 radical (unpaired) electrons. The molecule has 0 saturated carbocycles. The van der Waals surface area contributed by atoms with E-state index in [1.54, 1.807) is 6.07 Å². The summed E-state index contributed by atoms with van der Waals surface area (Å²) in [5.74, 6) is -0.440. The molecule has 1 nitrogen and oxygen atoms in total. The fraction of sp³-hybridized carbons (Fsp3) is 0.294. The molecule has 3 heteroatoms. The van der Waals surface area contributed by atoms with Crippen molar-refractivity contribution in [2.75, 3.05) is 0 Å². The molecule has 0 aromatic heterocycles. The Hall–Kier alpha value is -1.38. The number of hydrogen-bond donors (Lipinski definition) is 1. The van der Waals surface area contributed by atoms with Crippen LogP contribution in [-0.2, 0) is 19.3 Å². The summed E-state index contributed by atoms with van der Waals surface area (Å²) in [5, 5.41) is 10.4. The van der Waals surface area contributed by atoms with Crippen LogP contribution in [0.4, 0.5) is 4.39 Å². The monoisotopic (exact) mass is 290 g/mol. The molecule has 0 aliphatic heterocycles. The highest BCUT2D eigenvalue weighted by Crippen LogP contribution is 2.27. The first-order valence-electron chi connectivity index (χ1n) is 6.87. The van der Waals surface area contributed by atoms with Gasteiger partial charge < -0.3 is 5.11 Å².